The van der Waals surface area contributed by atoms with Crippen LogP contribution in [0.4, 0.5) is 5.82 Å². The number of nitrogens with zero attached hydrogens (tertiary/aromatic N) is 3. The molecule has 2 heterocycles. The van der Waals surface area contributed by atoms with Crippen molar-refractivity contribution in [2.75, 3.05) is 18.1 Å². The summed E-state index contributed by atoms with van der Waals surface area (Å²) in [6, 6.07) is 8.83. The van der Waals surface area contributed by atoms with Gasteiger partial charge in [-0.3, -0.25) is 4.79 Å². The maximum Gasteiger partial charge on any atom is 0.339 e. The largest absolute Gasteiger partial charge is 0.478 e. The first-order chi connectivity index (χ1) is 10.2. The number of hydrogen-bond acceptors (Lipinski definition) is 4. The predicted octanol–water partition coefficient (Wildman–Crippen LogP) is 1.91. The highest BCUT2D eigenvalue weighted by molar-refractivity contribution is 6.00. The van der Waals surface area contributed by atoms with E-state index >= 15 is 0 Å². The fraction of sp³-hybridized carbons (Fsp3) is 0.267. The van der Waals surface area contributed by atoms with Crippen LogP contribution in [0.1, 0.15) is 23.2 Å². The number of anilines is 1. The first-order valence-corrected chi connectivity index (χ1v) is 6.83. The van der Waals surface area contributed by atoms with Crippen LogP contribution in [0.5, 0.6) is 0 Å². The molecule has 1 aromatic carbocycles. The molecule has 1 saturated heterocycles. The van der Waals surface area contributed by atoms with Crippen molar-refractivity contribution in [3.05, 3.63) is 35.9 Å². The Morgan fingerprint density at radius 2 is 2.00 bits per heavy atom. The van der Waals surface area contributed by atoms with Gasteiger partial charge in [0.1, 0.15) is 5.56 Å². The highest BCUT2D eigenvalue weighted by Gasteiger charge is 2.25. The van der Waals surface area contributed by atoms with Gasteiger partial charge >= 0.3 is 5.97 Å². The zero-order valence-electron chi connectivity index (χ0n) is 11.4. The van der Waals surface area contributed by atoms with Gasteiger partial charge in [0.2, 0.25) is 6.41 Å². The number of pyridine rings is 1. The summed E-state index contributed by atoms with van der Waals surface area (Å²) in [5, 5.41) is 13.3. The summed E-state index contributed by atoms with van der Waals surface area (Å²) in [6.07, 6.45) is 2.61. The van der Waals surface area contributed by atoms with Gasteiger partial charge in [0.05, 0.1) is 5.52 Å². The summed E-state index contributed by atoms with van der Waals surface area (Å²) in [4.78, 5) is 27.3. The van der Waals surface area contributed by atoms with Crippen LogP contribution < -0.4 is 5.01 Å². The van der Waals surface area contributed by atoms with Crippen molar-refractivity contribution in [1.29, 1.82) is 0 Å². The van der Waals surface area contributed by atoms with Gasteiger partial charge in [0.25, 0.3) is 0 Å². The molecule has 0 spiro atoms. The molecular formula is C15H15N3O3. The molecule has 6 nitrogen and oxygen atoms in total. The maximum atomic E-state index is 11.5. The third-order valence-electron chi connectivity index (χ3n) is 3.64. The molecule has 0 saturated carbocycles. The summed E-state index contributed by atoms with van der Waals surface area (Å²) in [7, 11) is 0. The number of carbonyl (C=O) groups is 2. The van der Waals surface area contributed by atoms with Crippen LogP contribution in [0.2, 0.25) is 0 Å². The van der Waals surface area contributed by atoms with Crippen LogP contribution in [-0.4, -0.2) is 40.6 Å². The third kappa shape index (κ3) is 2.45. The van der Waals surface area contributed by atoms with Crippen molar-refractivity contribution >= 4 is 29.1 Å². The lowest BCUT2D eigenvalue weighted by atomic mass is 10.1. The Bertz CT molecular complexity index is 696. The molecular weight excluding hydrogens is 270 g/mol. The number of amides is 1. The number of aromatic nitrogens is 1. The second kappa shape index (κ2) is 5.49. The van der Waals surface area contributed by atoms with Gasteiger partial charge in [-0.05, 0) is 25.0 Å². The Kier molecular flexibility index (Phi) is 3.53. The first kappa shape index (κ1) is 13.5. The zero-order chi connectivity index (χ0) is 14.8. The molecule has 21 heavy (non-hydrogen) atoms. The van der Waals surface area contributed by atoms with Crippen molar-refractivity contribution in [3.63, 3.8) is 0 Å². The molecule has 3 rings (SSSR count). The Morgan fingerprint density at radius 1 is 1.29 bits per heavy atom. The van der Waals surface area contributed by atoms with E-state index in [1.807, 2.05) is 17.1 Å². The number of hydrazine groups is 1. The molecule has 0 bridgehead atoms. The number of hydrogen-bond donors (Lipinski definition) is 1. The van der Waals surface area contributed by atoms with Gasteiger partial charge in [-0.15, -0.1) is 0 Å². The van der Waals surface area contributed by atoms with Crippen molar-refractivity contribution in [1.82, 2.24) is 9.99 Å². The number of rotatable bonds is 4. The molecule has 0 aliphatic carbocycles. The molecule has 1 aliphatic heterocycles. The number of fused-ring (bicyclic) bond motifs is 1. The van der Waals surface area contributed by atoms with E-state index in [1.54, 1.807) is 18.2 Å². The smallest absolute Gasteiger partial charge is 0.339 e. The fourth-order valence-electron chi connectivity index (χ4n) is 2.60. The molecule has 2 aromatic rings. The Balaban J connectivity index is 2.15. The molecule has 0 atom stereocenters. The Hall–Kier alpha value is -2.47. The average Bonchev–Trinajstić information content (AvgIpc) is 3.01. The molecule has 108 valence electrons. The summed E-state index contributed by atoms with van der Waals surface area (Å²) >= 11 is 0. The van der Waals surface area contributed by atoms with Crippen LogP contribution in [0.25, 0.3) is 10.9 Å². The van der Waals surface area contributed by atoms with Crippen LogP contribution in [0.15, 0.2) is 30.3 Å². The number of carboxylic acid groups (broad SMARTS) is 1. The van der Waals surface area contributed by atoms with Crippen molar-refractivity contribution in [3.8, 4) is 0 Å². The first-order valence-electron chi connectivity index (χ1n) is 6.83. The van der Waals surface area contributed by atoms with Crippen LogP contribution >= 0.6 is 0 Å². The van der Waals surface area contributed by atoms with E-state index in [9.17, 15) is 14.7 Å². The zero-order valence-corrected chi connectivity index (χ0v) is 11.4. The lowest BCUT2D eigenvalue weighted by Crippen LogP contribution is -2.41. The monoisotopic (exact) mass is 285 g/mol. The van der Waals surface area contributed by atoms with Crippen molar-refractivity contribution < 1.29 is 14.7 Å². The van der Waals surface area contributed by atoms with Gasteiger partial charge in [0.15, 0.2) is 5.82 Å². The van der Waals surface area contributed by atoms with Crippen LogP contribution in [-0.2, 0) is 4.79 Å². The summed E-state index contributed by atoms with van der Waals surface area (Å²) < 4.78 is 0. The van der Waals surface area contributed by atoms with Crippen molar-refractivity contribution in [2.24, 2.45) is 0 Å². The highest BCUT2D eigenvalue weighted by Crippen LogP contribution is 2.25. The lowest BCUT2D eigenvalue weighted by molar-refractivity contribution is -0.109. The van der Waals surface area contributed by atoms with E-state index < -0.39 is 5.97 Å². The summed E-state index contributed by atoms with van der Waals surface area (Å²) in [5.74, 6) is -0.910. The standard InChI is InChI=1S/C15H15N3O3/c19-10-18(17-7-3-4-8-17)14-12(15(20)21)9-11-5-1-2-6-13(11)16-14/h1-2,5-6,9-10H,3-4,7-8H2,(H,20,21). The molecule has 1 aromatic heterocycles. The van der Waals surface area contributed by atoms with E-state index in [-0.39, 0.29) is 11.4 Å². The Labute approximate surface area is 121 Å². The Morgan fingerprint density at radius 3 is 2.67 bits per heavy atom. The molecule has 0 radical (unpaired) electrons. The highest BCUT2D eigenvalue weighted by atomic mass is 16.4. The van der Waals surface area contributed by atoms with E-state index in [2.05, 4.69) is 4.98 Å². The fourth-order valence-corrected chi connectivity index (χ4v) is 2.60. The summed E-state index contributed by atoms with van der Waals surface area (Å²) in [5.41, 5.74) is 0.705. The second-order valence-electron chi connectivity index (χ2n) is 4.97. The molecule has 1 N–H and O–H groups in total. The number of aromatic carboxylic acids is 1. The van der Waals surface area contributed by atoms with E-state index in [0.717, 1.165) is 31.3 Å². The molecule has 6 heteroatoms. The quantitative estimate of drug-likeness (QED) is 0.869. The maximum absolute atomic E-state index is 11.5. The van der Waals surface area contributed by atoms with Gasteiger partial charge in [-0.1, -0.05) is 18.2 Å². The minimum atomic E-state index is -1.09. The van der Waals surface area contributed by atoms with E-state index in [0.29, 0.717) is 11.9 Å². The lowest BCUT2D eigenvalue weighted by Gasteiger charge is -2.27. The number of carboxylic acids is 1. The number of para-hydroxylation sites is 1. The normalized spacial score (nSPS) is 15.2. The van der Waals surface area contributed by atoms with Gasteiger partial charge in [-0.25, -0.2) is 19.8 Å². The molecule has 1 fully saturated rings. The van der Waals surface area contributed by atoms with Gasteiger partial charge < -0.3 is 5.11 Å². The SMILES string of the molecule is O=CN(c1nc2ccccc2cc1C(=O)O)N1CCCC1. The van der Waals surface area contributed by atoms with E-state index in [4.69, 9.17) is 0 Å². The van der Waals surface area contributed by atoms with Gasteiger partial charge in [0, 0.05) is 18.5 Å². The summed E-state index contributed by atoms with van der Waals surface area (Å²) in [6.45, 7) is 1.46. The third-order valence-corrected chi connectivity index (χ3v) is 3.64. The average molecular weight is 285 g/mol. The number of carbonyl (C=O) groups excluding carboxylic acids is 1. The molecule has 1 amide bonds. The molecule has 0 unspecified atom stereocenters. The molecule has 1 aliphatic rings. The predicted molar refractivity (Wildman–Crippen MR) is 78.1 cm³/mol. The number of benzene rings is 1. The second-order valence-corrected chi connectivity index (χ2v) is 4.97. The van der Waals surface area contributed by atoms with E-state index in [1.165, 1.54) is 5.01 Å². The van der Waals surface area contributed by atoms with Crippen LogP contribution in [0.3, 0.4) is 0 Å². The van der Waals surface area contributed by atoms with Gasteiger partial charge in [-0.2, -0.15) is 0 Å². The minimum Gasteiger partial charge on any atom is -0.478 e. The van der Waals surface area contributed by atoms with Crippen LogP contribution in [0, 0.1) is 0 Å². The van der Waals surface area contributed by atoms with Crippen molar-refractivity contribution in [2.45, 2.75) is 12.8 Å². The minimum absolute atomic E-state index is 0.0349. The topological polar surface area (TPSA) is 73.7 Å².